The molecule has 12 heteroatoms. The lowest BCUT2D eigenvalue weighted by Gasteiger charge is -2.31. The fourth-order valence-corrected chi connectivity index (χ4v) is 6.60. The van der Waals surface area contributed by atoms with E-state index < -0.39 is 66.0 Å². The molecule has 4 rings (SSSR count). The number of hydrogen-bond acceptors (Lipinski definition) is 7. The van der Waals surface area contributed by atoms with Gasteiger partial charge in [-0.1, -0.05) is 114 Å². The molecule has 6 amide bonds. The molecule has 12 nitrogen and oxygen atoms in total. The van der Waals surface area contributed by atoms with Gasteiger partial charge in [0.25, 0.3) is 5.91 Å². The van der Waals surface area contributed by atoms with Crippen LogP contribution in [0.15, 0.2) is 60.7 Å². The molecule has 1 aliphatic heterocycles. The maximum Gasteiger partial charge on any atom is 0.327 e. The first kappa shape index (κ1) is 40.6. The molecule has 51 heavy (non-hydrogen) atoms. The first-order valence-electron chi connectivity index (χ1n) is 18.1. The second kappa shape index (κ2) is 20.1. The number of carbonyl (C=O) groups is 7. The standard InChI is InChI=1S/C37H47N5O7.C2H6/c1-4-14-29(33(45)35(47)38-21-31(44)40-32(25(3)43)28-19-12-7-13-20-28)39-34(46)30-23-41(22-26-15-8-5-9-16-26)37(49)42(30)36(48)24(2)27-17-10-6-11-18-27;1-2/h5,7-9,12-13,15-16,19-20,24,27,29-30,32H,4,6,10-11,14,17-18,21-23H2,1-3H3,(H,38,47)(H,39,46)(H,40,44);1-2H3. The van der Waals surface area contributed by atoms with E-state index in [2.05, 4.69) is 16.0 Å². The van der Waals surface area contributed by atoms with E-state index in [9.17, 15) is 33.6 Å². The van der Waals surface area contributed by atoms with Crippen LogP contribution in [0.1, 0.15) is 96.7 Å². The van der Waals surface area contributed by atoms with Crippen molar-refractivity contribution < 1.29 is 33.6 Å². The van der Waals surface area contributed by atoms with Gasteiger partial charge in [0.15, 0.2) is 5.78 Å². The zero-order valence-electron chi connectivity index (χ0n) is 30.5. The Morgan fingerprint density at radius 3 is 2.06 bits per heavy atom. The van der Waals surface area contributed by atoms with E-state index in [0.717, 1.165) is 42.6 Å². The van der Waals surface area contributed by atoms with Gasteiger partial charge in [-0.2, -0.15) is 0 Å². The molecule has 276 valence electrons. The quantitative estimate of drug-likeness (QED) is 0.231. The molecule has 4 unspecified atom stereocenters. The summed E-state index contributed by atoms with van der Waals surface area (Å²) < 4.78 is 0. The molecular weight excluding hydrogens is 650 g/mol. The first-order chi connectivity index (χ1) is 24.5. The van der Waals surface area contributed by atoms with Gasteiger partial charge >= 0.3 is 6.03 Å². The lowest BCUT2D eigenvalue weighted by Crippen LogP contribution is -2.55. The minimum atomic E-state index is -1.25. The van der Waals surface area contributed by atoms with Crippen LogP contribution in [0.4, 0.5) is 4.79 Å². The van der Waals surface area contributed by atoms with Gasteiger partial charge in [0, 0.05) is 12.5 Å². The molecule has 3 N–H and O–H groups in total. The second-order valence-corrected chi connectivity index (χ2v) is 13.0. The van der Waals surface area contributed by atoms with Crippen LogP contribution in [0, 0.1) is 11.8 Å². The number of benzene rings is 2. The monoisotopic (exact) mass is 703 g/mol. The van der Waals surface area contributed by atoms with Crippen LogP contribution in [0.25, 0.3) is 0 Å². The second-order valence-electron chi connectivity index (χ2n) is 13.0. The van der Waals surface area contributed by atoms with Crippen molar-refractivity contribution in [1.29, 1.82) is 0 Å². The van der Waals surface area contributed by atoms with Gasteiger partial charge in [-0.25, -0.2) is 9.69 Å². The van der Waals surface area contributed by atoms with E-state index >= 15 is 0 Å². The Morgan fingerprint density at radius 1 is 0.863 bits per heavy atom. The Morgan fingerprint density at radius 2 is 1.47 bits per heavy atom. The molecule has 1 saturated carbocycles. The van der Waals surface area contributed by atoms with E-state index in [4.69, 9.17) is 0 Å². The van der Waals surface area contributed by atoms with Crippen LogP contribution in [0.2, 0.25) is 0 Å². The highest BCUT2D eigenvalue weighted by molar-refractivity contribution is 6.38. The number of amides is 6. The van der Waals surface area contributed by atoms with Crippen LogP contribution in [0.5, 0.6) is 0 Å². The van der Waals surface area contributed by atoms with Crippen molar-refractivity contribution in [3.8, 4) is 0 Å². The van der Waals surface area contributed by atoms with E-state index in [0.29, 0.717) is 12.0 Å². The van der Waals surface area contributed by atoms with E-state index in [-0.39, 0.29) is 31.2 Å². The van der Waals surface area contributed by atoms with Crippen molar-refractivity contribution in [3.63, 3.8) is 0 Å². The summed E-state index contributed by atoms with van der Waals surface area (Å²) in [6, 6.07) is 13.9. The highest BCUT2D eigenvalue weighted by Gasteiger charge is 2.47. The van der Waals surface area contributed by atoms with Crippen molar-refractivity contribution >= 4 is 41.2 Å². The number of imide groups is 1. The largest absolute Gasteiger partial charge is 0.344 e. The normalized spacial score (nSPS) is 17.7. The number of ketones is 2. The summed E-state index contributed by atoms with van der Waals surface area (Å²) in [5, 5.41) is 7.49. The summed E-state index contributed by atoms with van der Waals surface area (Å²) in [7, 11) is 0. The molecule has 1 heterocycles. The number of nitrogens with zero attached hydrogens (tertiary/aromatic N) is 2. The fourth-order valence-electron chi connectivity index (χ4n) is 6.60. The van der Waals surface area contributed by atoms with E-state index in [1.165, 1.54) is 11.8 Å². The first-order valence-corrected chi connectivity index (χ1v) is 18.1. The van der Waals surface area contributed by atoms with Gasteiger partial charge in [-0.15, -0.1) is 0 Å². The highest BCUT2D eigenvalue weighted by atomic mass is 16.2. The summed E-state index contributed by atoms with van der Waals surface area (Å²) in [6.45, 7) is 8.49. The summed E-state index contributed by atoms with van der Waals surface area (Å²) >= 11 is 0. The fraction of sp³-hybridized carbons (Fsp3) is 0.513. The Bertz CT molecular complexity index is 1510. The predicted octanol–water partition coefficient (Wildman–Crippen LogP) is 4.48. The number of Topliss-reactive ketones (excluding diaryl/α,β-unsaturated/α-hetero) is 2. The summed E-state index contributed by atoms with van der Waals surface area (Å²) in [6.07, 6.45) is 5.43. The Kier molecular flexibility index (Phi) is 16.0. The molecule has 0 aromatic heterocycles. The summed E-state index contributed by atoms with van der Waals surface area (Å²) in [4.78, 5) is 94.9. The molecule has 0 spiro atoms. The number of rotatable bonds is 15. The zero-order valence-corrected chi connectivity index (χ0v) is 30.5. The summed E-state index contributed by atoms with van der Waals surface area (Å²) in [5.74, 6) is -4.52. The van der Waals surface area contributed by atoms with E-state index in [1.54, 1.807) is 37.3 Å². The number of carbonyl (C=O) groups excluding carboxylic acids is 7. The third-order valence-corrected chi connectivity index (χ3v) is 9.37. The van der Waals surface area contributed by atoms with Gasteiger partial charge in [-0.05, 0) is 43.2 Å². The highest BCUT2D eigenvalue weighted by Crippen LogP contribution is 2.33. The molecule has 4 atom stereocenters. The Hall–Kier alpha value is -4.87. The number of hydrogen-bond donors (Lipinski definition) is 3. The van der Waals surface area contributed by atoms with Gasteiger partial charge < -0.3 is 20.9 Å². The smallest absolute Gasteiger partial charge is 0.327 e. The van der Waals surface area contributed by atoms with Gasteiger partial charge in [-0.3, -0.25) is 28.8 Å². The van der Waals surface area contributed by atoms with Crippen molar-refractivity contribution in [1.82, 2.24) is 25.8 Å². The average molecular weight is 704 g/mol. The molecule has 1 aliphatic carbocycles. The molecule has 2 fully saturated rings. The van der Waals surface area contributed by atoms with Crippen LogP contribution in [0.3, 0.4) is 0 Å². The Labute approximate surface area is 301 Å². The van der Waals surface area contributed by atoms with Crippen LogP contribution in [-0.2, 0) is 35.3 Å². The molecule has 1 saturated heterocycles. The van der Waals surface area contributed by atoms with Gasteiger partial charge in [0.05, 0.1) is 19.1 Å². The van der Waals surface area contributed by atoms with Crippen molar-refractivity contribution in [2.45, 2.75) is 104 Å². The summed E-state index contributed by atoms with van der Waals surface area (Å²) in [5.41, 5.74) is 1.41. The molecule has 0 radical (unpaired) electrons. The molecular formula is C39H53N5O7. The van der Waals surface area contributed by atoms with E-state index in [1.807, 2.05) is 51.1 Å². The van der Waals surface area contributed by atoms with Crippen LogP contribution in [-0.4, -0.2) is 76.2 Å². The molecule has 2 aromatic rings. The number of nitrogens with one attached hydrogen (secondary N) is 3. The van der Waals surface area contributed by atoms with Crippen molar-refractivity contribution in [3.05, 3.63) is 71.8 Å². The lowest BCUT2D eigenvalue weighted by atomic mass is 9.80. The van der Waals surface area contributed by atoms with Crippen LogP contribution < -0.4 is 16.0 Å². The van der Waals surface area contributed by atoms with Crippen molar-refractivity contribution in [2.24, 2.45) is 11.8 Å². The third kappa shape index (κ3) is 11.1. The lowest BCUT2D eigenvalue weighted by molar-refractivity contribution is -0.142. The minimum absolute atomic E-state index is 0.0686. The predicted molar refractivity (Wildman–Crippen MR) is 193 cm³/mol. The van der Waals surface area contributed by atoms with Crippen molar-refractivity contribution in [2.75, 3.05) is 13.1 Å². The average Bonchev–Trinajstić information content (AvgIpc) is 3.48. The maximum absolute atomic E-state index is 13.9. The molecule has 2 aliphatic rings. The maximum atomic E-state index is 13.9. The molecule has 0 bridgehead atoms. The topological polar surface area (TPSA) is 162 Å². The van der Waals surface area contributed by atoms with Gasteiger partial charge in [0.2, 0.25) is 23.5 Å². The number of urea groups is 1. The minimum Gasteiger partial charge on any atom is -0.344 e. The Balaban J connectivity index is 0.00000345. The SMILES string of the molecule is CC.CCCC(NC(=O)C1CN(Cc2ccccc2)C(=O)N1C(=O)C(C)C1CCCCC1)C(=O)C(=O)NCC(=O)NC(C(C)=O)c1ccccc1. The molecule has 2 aromatic carbocycles. The van der Waals surface area contributed by atoms with Gasteiger partial charge in [0.1, 0.15) is 12.1 Å². The third-order valence-electron chi connectivity index (χ3n) is 9.37. The van der Waals surface area contributed by atoms with Crippen LogP contribution >= 0.6 is 0 Å². The zero-order chi connectivity index (χ0) is 37.5.